The van der Waals surface area contributed by atoms with Gasteiger partial charge in [-0.25, -0.2) is 8.42 Å². The van der Waals surface area contributed by atoms with E-state index >= 15 is 0 Å². The highest BCUT2D eigenvalue weighted by atomic mass is 32.2. The molecule has 0 N–H and O–H groups in total. The van der Waals surface area contributed by atoms with Crippen LogP contribution in [0.3, 0.4) is 0 Å². The van der Waals surface area contributed by atoms with Crippen molar-refractivity contribution in [3.05, 3.63) is 71.8 Å². The fraction of sp³-hybridized carbons (Fsp3) is 0.400. The lowest BCUT2D eigenvalue weighted by Crippen LogP contribution is -2.25. The third-order valence-electron chi connectivity index (χ3n) is 4.06. The van der Waals surface area contributed by atoms with Crippen LogP contribution in [-0.4, -0.2) is 24.7 Å². The maximum Gasteiger partial charge on any atom is 0.153 e. The van der Waals surface area contributed by atoms with Gasteiger partial charge in [-0.1, -0.05) is 60.7 Å². The second kappa shape index (κ2) is 9.28. The van der Waals surface area contributed by atoms with Crippen LogP contribution in [0.15, 0.2) is 60.7 Å². The molecule has 24 heavy (non-hydrogen) atoms. The maximum atomic E-state index is 12.4. The number of aryl methyl sites for hydroxylation is 1. The van der Waals surface area contributed by atoms with Crippen molar-refractivity contribution in [3.63, 3.8) is 0 Å². The molecule has 0 spiro atoms. The minimum Gasteiger partial charge on any atom is -0.229 e. The van der Waals surface area contributed by atoms with E-state index < -0.39 is 9.84 Å². The molecular formula is C20H26O2S2. The van der Waals surface area contributed by atoms with Gasteiger partial charge in [0, 0.05) is 11.0 Å². The minimum absolute atomic E-state index is 0.123. The van der Waals surface area contributed by atoms with Gasteiger partial charge in [0.05, 0.1) is 11.0 Å². The van der Waals surface area contributed by atoms with Crippen molar-refractivity contribution >= 4 is 21.6 Å². The van der Waals surface area contributed by atoms with Crippen LogP contribution in [0.4, 0.5) is 0 Å². The summed E-state index contributed by atoms with van der Waals surface area (Å²) in [5.74, 6) is 1.11. The fourth-order valence-corrected chi connectivity index (χ4v) is 5.36. The number of hydrogen-bond acceptors (Lipinski definition) is 3. The average Bonchev–Trinajstić information content (AvgIpc) is 2.59. The molecule has 0 amide bonds. The first-order valence-electron chi connectivity index (χ1n) is 8.38. The standard InChI is InChI=1S/C20H26O2S2/c1-17(2)24(21,22)16-20(14-13-18-9-5-3-6-10-18)23-15-19-11-7-4-8-12-19/h3-12,17,20H,13-16H2,1-2H3. The van der Waals surface area contributed by atoms with Crippen LogP contribution < -0.4 is 0 Å². The van der Waals surface area contributed by atoms with Crippen molar-refractivity contribution in [2.24, 2.45) is 0 Å². The molecule has 0 saturated heterocycles. The third kappa shape index (κ3) is 6.33. The Morgan fingerprint density at radius 3 is 1.96 bits per heavy atom. The van der Waals surface area contributed by atoms with Crippen LogP contribution >= 0.6 is 11.8 Å². The first-order chi connectivity index (χ1) is 11.5. The Morgan fingerprint density at radius 1 is 0.875 bits per heavy atom. The lowest BCUT2D eigenvalue weighted by molar-refractivity contribution is 0.584. The topological polar surface area (TPSA) is 34.1 Å². The number of hydrogen-bond donors (Lipinski definition) is 0. The molecule has 1 unspecified atom stereocenters. The summed E-state index contributed by atoms with van der Waals surface area (Å²) in [5, 5.41) is -0.188. The Labute approximate surface area is 150 Å². The van der Waals surface area contributed by atoms with Gasteiger partial charge in [-0.05, 0) is 37.8 Å². The summed E-state index contributed by atoms with van der Waals surface area (Å²) < 4.78 is 24.7. The summed E-state index contributed by atoms with van der Waals surface area (Å²) >= 11 is 1.76. The van der Waals surface area contributed by atoms with Crippen LogP contribution in [0.2, 0.25) is 0 Å². The first kappa shape index (κ1) is 19.1. The highest BCUT2D eigenvalue weighted by Crippen LogP contribution is 2.24. The monoisotopic (exact) mass is 362 g/mol. The van der Waals surface area contributed by atoms with Crippen molar-refractivity contribution in [2.45, 2.75) is 42.9 Å². The zero-order valence-corrected chi connectivity index (χ0v) is 16.0. The van der Waals surface area contributed by atoms with Gasteiger partial charge in [0.2, 0.25) is 0 Å². The Balaban J connectivity index is 2.00. The number of rotatable bonds is 9. The Bertz CT molecular complexity index is 651. The van der Waals surface area contributed by atoms with Gasteiger partial charge in [-0.15, -0.1) is 0 Å². The largest absolute Gasteiger partial charge is 0.229 e. The summed E-state index contributed by atoms with van der Waals surface area (Å²) in [7, 11) is -3.03. The van der Waals surface area contributed by atoms with Crippen molar-refractivity contribution in [1.82, 2.24) is 0 Å². The van der Waals surface area contributed by atoms with E-state index in [9.17, 15) is 8.42 Å². The second-order valence-electron chi connectivity index (χ2n) is 6.32. The zero-order valence-electron chi connectivity index (χ0n) is 14.4. The van der Waals surface area contributed by atoms with Gasteiger partial charge in [0.15, 0.2) is 9.84 Å². The van der Waals surface area contributed by atoms with Crippen LogP contribution in [0, 0.1) is 0 Å². The predicted octanol–water partition coefficient (Wildman–Crippen LogP) is 4.74. The molecule has 0 aromatic heterocycles. The van der Waals surface area contributed by atoms with Gasteiger partial charge < -0.3 is 0 Å². The molecule has 2 aromatic rings. The molecule has 0 radical (unpaired) electrons. The van der Waals surface area contributed by atoms with Gasteiger partial charge >= 0.3 is 0 Å². The van der Waals surface area contributed by atoms with Crippen LogP contribution in [0.1, 0.15) is 31.4 Å². The molecule has 0 aliphatic rings. The first-order valence-corrected chi connectivity index (χ1v) is 11.1. The zero-order chi connectivity index (χ0) is 17.4. The summed E-state index contributed by atoms with van der Waals surface area (Å²) in [6.45, 7) is 3.54. The van der Waals surface area contributed by atoms with E-state index in [4.69, 9.17) is 0 Å². The molecule has 2 aromatic carbocycles. The number of benzene rings is 2. The highest BCUT2D eigenvalue weighted by molar-refractivity contribution is 8.00. The van der Waals surface area contributed by atoms with Gasteiger partial charge in [-0.2, -0.15) is 11.8 Å². The van der Waals surface area contributed by atoms with E-state index in [0.717, 1.165) is 18.6 Å². The molecule has 0 aliphatic carbocycles. The summed E-state index contributed by atoms with van der Waals surface area (Å²) in [5.41, 5.74) is 2.51. The molecule has 130 valence electrons. The Morgan fingerprint density at radius 2 is 1.42 bits per heavy atom. The van der Waals surface area contributed by atoms with Crippen molar-refractivity contribution in [3.8, 4) is 0 Å². The van der Waals surface area contributed by atoms with E-state index in [1.807, 2.05) is 36.4 Å². The minimum atomic E-state index is -3.03. The molecule has 4 heteroatoms. The van der Waals surface area contributed by atoms with Gasteiger partial charge in [0.1, 0.15) is 0 Å². The molecule has 2 rings (SSSR count). The van der Waals surface area contributed by atoms with Crippen molar-refractivity contribution in [2.75, 3.05) is 5.75 Å². The molecule has 0 fully saturated rings. The Hall–Kier alpha value is -1.26. The van der Waals surface area contributed by atoms with E-state index in [1.165, 1.54) is 11.1 Å². The molecule has 1 atom stereocenters. The molecule has 0 bridgehead atoms. The summed E-state index contributed by atoms with van der Waals surface area (Å²) in [6.07, 6.45) is 1.80. The van der Waals surface area contributed by atoms with Crippen LogP contribution in [0.5, 0.6) is 0 Å². The van der Waals surface area contributed by atoms with Crippen molar-refractivity contribution in [1.29, 1.82) is 0 Å². The second-order valence-corrected chi connectivity index (χ2v) is 10.2. The fourth-order valence-electron chi connectivity index (χ4n) is 2.43. The van der Waals surface area contributed by atoms with Gasteiger partial charge in [0.25, 0.3) is 0 Å². The maximum absolute atomic E-state index is 12.4. The smallest absolute Gasteiger partial charge is 0.153 e. The summed E-state index contributed by atoms with van der Waals surface area (Å²) in [4.78, 5) is 0. The molecule has 0 saturated carbocycles. The SMILES string of the molecule is CC(C)S(=O)(=O)CC(CCc1ccccc1)SCc1ccccc1. The molecule has 2 nitrogen and oxygen atoms in total. The summed E-state index contributed by atoms with van der Waals surface area (Å²) in [6, 6.07) is 20.5. The van der Waals surface area contributed by atoms with Crippen LogP contribution in [-0.2, 0) is 22.0 Å². The molecule has 0 aliphatic heterocycles. The normalized spacial score (nSPS) is 13.1. The Kier molecular flexibility index (Phi) is 7.38. The number of sulfone groups is 1. The number of thioether (sulfide) groups is 1. The predicted molar refractivity (Wildman–Crippen MR) is 105 cm³/mol. The average molecular weight is 363 g/mol. The lowest BCUT2D eigenvalue weighted by atomic mass is 10.1. The lowest BCUT2D eigenvalue weighted by Gasteiger charge is -2.18. The van der Waals surface area contributed by atoms with E-state index in [-0.39, 0.29) is 16.3 Å². The quantitative estimate of drug-likeness (QED) is 0.646. The highest BCUT2D eigenvalue weighted by Gasteiger charge is 2.22. The van der Waals surface area contributed by atoms with Crippen molar-refractivity contribution < 1.29 is 8.42 Å². The third-order valence-corrected chi connectivity index (χ3v) is 7.95. The van der Waals surface area contributed by atoms with E-state index in [0.29, 0.717) is 0 Å². The van der Waals surface area contributed by atoms with E-state index in [2.05, 4.69) is 24.3 Å². The molecule has 0 heterocycles. The van der Waals surface area contributed by atoms with Crippen LogP contribution in [0.25, 0.3) is 0 Å². The van der Waals surface area contributed by atoms with E-state index in [1.54, 1.807) is 25.6 Å². The van der Waals surface area contributed by atoms with Gasteiger partial charge in [-0.3, -0.25) is 0 Å². The molecular weight excluding hydrogens is 336 g/mol.